The Kier molecular flexibility index (Phi) is 5.86. The van der Waals surface area contributed by atoms with Gasteiger partial charge in [-0.2, -0.15) is 0 Å². The minimum absolute atomic E-state index is 0.0403. The normalized spacial score (nSPS) is 19.9. The molecule has 4 N–H and O–H groups in total. The molecular formula is C16H21FN4O3. The maximum absolute atomic E-state index is 13.1. The maximum Gasteiger partial charge on any atom is 0.242 e. The first-order chi connectivity index (χ1) is 11.4. The number of carbonyl (C=O) groups excluding carboxylic acids is 3. The van der Waals surface area contributed by atoms with Crippen LogP contribution in [-0.4, -0.2) is 48.3 Å². The Morgan fingerprint density at radius 1 is 1.33 bits per heavy atom. The molecule has 0 bridgehead atoms. The van der Waals surface area contributed by atoms with Crippen molar-refractivity contribution in [1.29, 1.82) is 0 Å². The van der Waals surface area contributed by atoms with Crippen molar-refractivity contribution >= 4 is 23.4 Å². The number of rotatable bonds is 5. The fraction of sp³-hybridized carbons (Fsp3) is 0.438. The lowest BCUT2D eigenvalue weighted by Crippen LogP contribution is -2.45. The first-order valence-electron chi connectivity index (χ1n) is 7.72. The van der Waals surface area contributed by atoms with Gasteiger partial charge < -0.3 is 21.3 Å². The fourth-order valence-electron chi connectivity index (χ4n) is 2.71. The van der Waals surface area contributed by atoms with Crippen LogP contribution in [0.15, 0.2) is 24.3 Å². The van der Waals surface area contributed by atoms with Gasteiger partial charge in [-0.25, -0.2) is 4.39 Å². The van der Waals surface area contributed by atoms with Crippen molar-refractivity contribution in [3.63, 3.8) is 0 Å². The summed E-state index contributed by atoms with van der Waals surface area (Å²) in [6.07, 6.45) is 0.309. The van der Waals surface area contributed by atoms with Crippen LogP contribution in [0.4, 0.5) is 10.1 Å². The van der Waals surface area contributed by atoms with Crippen LogP contribution in [0, 0.1) is 5.82 Å². The molecule has 0 aromatic heterocycles. The predicted molar refractivity (Wildman–Crippen MR) is 86.4 cm³/mol. The average Bonchev–Trinajstić information content (AvgIpc) is 2.94. The van der Waals surface area contributed by atoms with E-state index in [1.54, 1.807) is 6.07 Å². The summed E-state index contributed by atoms with van der Waals surface area (Å²) >= 11 is 0. The molecule has 1 aromatic carbocycles. The summed E-state index contributed by atoms with van der Waals surface area (Å²) in [6.45, 7) is 0.294. The number of hydrogen-bond acceptors (Lipinski definition) is 4. The van der Waals surface area contributed by atoms with Gasteiger partial charge in [0, 0.05) is 38.2 Å². The largest absolute Gasteiger partial charge is 0.357 e. The number of halogens is 1. The van der Waals surface area contributed by atoms with Gasteiger partial charge in [-0.05, 0) is 24.6 Å². The molecule has 3 amide bonds. The Hall–Kier alpha value is -2.48. The topological polar surface area (TPSA) is 105 Å². The van der Waals surface area contributed by atoms with E-state index in [2.05, 4.69) is 10.6 Å². The lowest BCUT2D eigenvalue weighted by Gasteiger charge is -2.23. The summed E-state index contributed by atoms with van der Waals surface area (Å²) in [4.78, 5) is 37.4. The Morgan fingerprint density at radius 3 is 2.75 bits per heavy atom. The third-order valence-electron chi connectivity index (χ3n) is 3.88. The first-order valence-corrected chi connectivity index (χ1v) is 7.72. The molecule has 1 fully saturated rings. The van der Waals surface area contributed by atoms with E-state index in [1.807, 2.05) is 0 Å². The van der Waals surface area contributed by atoms with E-state index < -0.39 is 17.8 Å². The van der Waals surface area contributed by atoms with Crippen molar-refractivity contribution in [3.8, 4) is 0 Å². The summed E-state index contributed by atoms with van der Waals surface area (Å²) in [5.74, 6) is -1.41. The zero-order valence-electron chi connectivity index (χ0n) is 13.4. The van der Waals surface area contributed by atoms with Gasteiger partial charge >= 0.3 is 0 Å². The molecule has 7 nitrogen and oxygen atoms in total. The second-order valence-corrected chi connectivity index (χ2v) is 5.73. The Balaban J connectivity index is 1.87. The highest BCUT2D eigenvalue weighted by Gasteiger charge is 2.37. The van der Waals surface area contributed by atoms with Crippen LogP contribution < -0.4 is 16.4 Å². The minimum atomic E-state index is -0.594. The number of nitrogens with zero attached hydrogens (tertiary/aromatic N) is 1. The Labute approximate surface area is 139 Å². The molecule has 0 spiro atoms. The third kappa shape index (κ3) is 4.51. The summed E-state index contributed by atoms with van der Waals surface area (Å²) in [6, 6.07) is 4.66. The highest BCUT2D eigenvalue weighted by Crippen LogP contribution is 2.18. The number of hydrogen-bond donors (Lipinski definition) is 3. The van der Waals surface area contributed by atoms with E-state index in [9.17, 15) is 18.8 Å². The second kappa shape index (κ2) is 7.87. The molecule has 2 atom stereocenters. The molecule has 130 valence electrons. The third-order valence-corrected chi connectivity index (χ3v) is 3.88. The number of benzene rings is 1. The molecule has 0 unspecified atom stereocenters. The number of nitrogens with one attached hydrogen (secondary N) is 2. The van der Waals surface area contributed by atoms with Gasteiger partial charge in [-0.3, -0.25) is 14.4 Å². The van der Waals surface area contributed by atoms with Crippen LogP contribution in [-0.2, 0) is 14.4 Å². The summed E-state index contributed by atoms with van der Waals surface area (Å²) in [7, 11) is 1.50. The quantitative estimate of drug-likeness (QED) is 0.715. The molecule has 24 heavy (non-hydrogen) atoms. The maximum atomic E-state index is 13.1. The zero-order valence-corrected chi connectivity index (χ0v) is 13.4. The van der Waals surface area contributed by atoms with E-state index in [0.29, 0.717) is 18.7 Å². The van der Waals surface area contributed by atoms with Crippen LogP contribution in [0.25, 0.3) is 0 Å². The van der Waals surface area contributed by atoms with Crippen LogP contribution in [0.1, 0.15) is 19.3 Å². The molecule has 0 saturated carbocycles. The predicted octanol–water partition coefficient (Wildman–Crippen LogP) is 0.219. The first kappa shape index (κ1) is 17.9. The Bertz CT molecular complexity index is 638. The zero-order chi connectivity index (χ0) is 17.7. The van der Waals surface area contributed by atoms with Crippen LogP contribution in [0.5, 0.6) is 0 Å². The molecule has 0 aliphatic carbocycles. The summed E-state index contributed by atoms with van der Waals surface area (Å²) in [5, 5.41) is 5.04. The number of likely N-dealkylation sites (N-methyl/N-ethyl adjacent to an activating group) is 1. The molecule has 1 aliphatic rings. The Morgan fingerprint density at radius 2 is 2.08 bits per heavy atom. The lowest BCUT2D eigenvalue weighted by molar-refractivity contribution is -0.138. The number of nitrogens with two attached hydrogens (primary N) is 1. The van der Waals surface area contributed by atoms with Crippen LogP contribution >= 0.6 is 0 Å². The number of carbonyl (C=O) groups is 3. The van der Waals surface area contributed by atoms with Gasteiger partial charge in [0.05, 0.1) is 0 Å². The van der Waals surface area contributed by atoms with Gasteiger partial charge in [0.2, 0.25) is 17.7 Å². The highest BCUT2D eigenvalue weighted by molar-refractivity contribution is 5.94. The number of amides is 3. The van der Waals surface area contributed by atoms with Crippen molar-refractivity contribution in [2.24, 2.45) is 5.73 Å². The van der Waals surface area contributed by atoms with Crippen molar-refractivity contribution in [3.05, 3.63) is 30.1 Å². The fourth-order valence-corrected chi connectivity index (χ4v) is 2.71. The van der Waals surface area contributed by atoms with Gasteiger partial charge in [0.15, 0.2) is 0 Å². The molecule has 1 heterocycles. The average molecular weight is 336 g/mol. The lowest BCUT2D eigenvalue weighted by atomic mass is 10.1. The van der Waals surface area contributed by atoms with E-state index in [0.717, 1.165) is 0 Å². The second-order valence-electron chi connectivity index (χ2n) is 5.73. The summed E-state index contributed by atoms with van der Waals surface area (Å²) in [5.41, 5.74) is 6.16. The minimum Gasteiger partial charge on any atom is -0.357 e. The van der Waals surface area contributed by atoms with Gasteiger partial charge in [0.25, 0.3) is 0 Å². The van der Waals surface area contributed by atoms with Gasteiger partial charge in [-0.15, -0.1) is 0 Å². The molecular weight excluding hydrogens is 315 g/mol. The van der Waals surface area contributed by atoms with E-state index in [-0.39, 0.29) is 30.7 Å². The van der Waals surface area contributed by atoms with Crippen molar-refractivity contribution in [1.82, 2.24) is 10.2 Å². The monoisotopic (exact) mass is 336 g/mol. The van der Waals surface area contributed by atoms with E-state index in [4.69, 9.17) is 5.73 Å². The van der Waals surface area contributed by atoms with Crippen LogP contribution in [0.2, 0.25) is 0 Å². The molecule has 1 aliphatic heterocycles. The van der Waals surface area contributed by atoms with Crippen molar-refractivity contribution < 1.29 is 18.8 Å². The molecule has 1 saturated heterocycles. The number of anilines is 1. The molecule has 0 radical (unpaired) electrons. The van der Waals surface area contributed by atoms with Gasteiger partial charge in [-0.1, -0.05) is 6.07 Å². The van der Waals surface area contributed by atoms with E-state index in [1.165, 1.54) is 30.1 Å². The van der Waals surface area contributed by atoms with E-state index >= 15 is 0 Å². The van der Waals surface area contributed by atoms with Crippen molar-refractivity contribution in [2.45, 2.75) is 31.3 Å². The standard InChI is InChI=1S/C16H21FN4O3/c1-19-16(24)13-8-11(18)9-21(13)15(23)6-5-14(22)20-12-4-2-3-10(17)7-12/h2-4,7,11,13H,5-6,8-9,18H2,1H3,(H,19,24)(H,20,22)/t11-,13-/m0/s1. The van der Waals surface area contributed by atoms with Gasteiger partial charge in [0.1, 0.15) is 11.9 Å². The highest BCUT2D eigenvalue weighted by atomic mass is 19.1. The molecule has 2 rings (SSSR count). The van der Waals surface area contributed by atoms with Crippen molar-refractivity contribution in [2.75, 3.05) is 18.9 Å². The molecule has 1 aromatic rings. The smallest absolute Gasteiger partial charge is 0.242 e. The van der Waals surface area contributed by atoms with Crippen LogP contribution in [0.3, 0.4) is 0 Å². The summed E-state index contributed by atoms with van der Waals surface area (Å²) < 4.78 is 13.1. The number of likely N-dealkylation sites (tertiary alicyclic amines) is 1. The SMILES string of the molecule is CNC(=O)[C@@H]1C[C@H](N)CN1C(=O)CCC(=O)Nc1cccc(F)c1. The molecule has 8 heteroatoms.